The third-order valence-corrected chi connectivity index (χ3v) is 4.65. The minimum absolute atomic E-state index is 0.371. The van der Waals surface area contributed by atoms with Gasteiger partial charge in [-0.15, -0.1) is 5.10 Å². The molecule has 0 unspecified atom stereocenters. The Kier molecular flexibility index (Phi) is 4.02. The summed E-state index contributed by atoms with van der Waals surface area (Å²) >= 11 is 0. The summed E-state index contributed by atoms with van der Waals surface area (Å²) in [7, 11) is 1.62. The zero-order valence-corrected chi connectivity index (χ0v) is 15.4. The average molecular weight is 364 g/mol. The monoisotopic (exact) mass is 364 g/mol. The first-order chi connectivity index (χ1) is 13.0. The van der Waals surface area contributed by atoms with Crippen LogP contribution in [0.4, 0.5) is 0 Å². The van der Waals surface area contributed by atoms with Crippen LogP contribution < -0.4 is 11.2 Å². The van der Waals surface area contributed by atoms with E-state index >= 15 is 0 Å². The Morgan fingerprint density at radius 2 is 1.78 bits per heavy atom. The smallest absolute Gasteiger partial charge is 0.291 e. The topological polar surface area (TPSA) is 90.5 Å². The van der Waals surface area contributed by atoms with Crippen LogP contribution in [0.2, 0.25) is 0 Å². The molecule has 0 saturated carbocycles. The van der Waals surface area contributed by atoms with Crippen molar-refractivity contribution in [1.29, 1.82) is 0 Å². The molecule has 0 radical (unpaired) electrons. The summed E-state index contributed by atoms with van der Waals surface area (Å²) in [6.45, 7) is 4.32. The van der Waals surface area contributed by atoms with Crippen molar-refractivity contribution < 1.29 is 0 Å². The van der Waals surface area contributed by atoms with Crippen LogP contribution in [-0.4, -0.2) is 29.1 Å². The van der Waals surface area contributed by atoms with E-state index in [1.54, 1.807) is 16.4 Å². The second kappa shape index (κ2) is 6.39. The number of nitrogens with one attached hydrogen (secondary N) is 1. The fraction of sp³-hybridized carbons (Fsp3) is 0.263. The van der Waals surface area contributed by atoms with E-state index in [1.807, 2.05) is 50.2 Å². The van der Waals surface area contributed by atoms with Gasteiger partial charge in [-0.3, -0.25) is 19.0 Å². The van der Waals surface area contributed by atoms with Gasteiger partial charge < -0.3 is 0 Å². The van der Waals surface area contributed by atoms with E-state index in [0.29, 0.717) is 23.4 Å². The van der Waals surface area contributed by atoms with E-state index in [1.165, 1.54) is 4.57 Å². The molecule has 0 aliphatic rings. The van der Waals surface area contributed by atoms with Crippen LogP contribution in [0.25, 0.3) is 16.9 Å². The van der Waals surface area contributed by atoms with Gasteiger partial charge in [0.15, 0.2) is 11.3 Å². The third-order valence-electron chi connectivity index (χ3n) is 4.65. The first-order valence-electron chi connectivity index (χ1n) is 8.73. The summed E-state index contributed by atoms with van der Waals surface area (Å²) < 4.78 is 4.75. The minimum atomic E-state index is -0.474. The summed E-state index contributed by atoms with van der Waals surface area (Å²) in [5.41, 5.74) is 2.80. The van der Waals surface area contributed by atoms with Gasteiger partial charge in [-0.05, 0) is 31.9 Å². The Hall–Kier alpha value is -3.42. The van der Waals surface area contributed by atoms with E-state index in [-0.39, 0.29) is 0 Å². The molecule has 8 nitrogen and oxygen atoms in total. The van der Waals surface area contributed by atoms with E-state index in [9.17, 15) is 9.59 Å². The average Bonchev–Trinajstić information content (AvgIpc) is 3.18. The number of aromatic amines is 1. The van der Waals surface area contributed by atoms with Crippen LogP contribution >= 0.6 is 0 Å². The molecule has 8 heteroatoms. The molecule has 0 bridgehead atoms. The second-order valence-corrected chi connectivity index (χ2v) is 6.64. The molecule has 0 amide bonds. The minimum Gasteiger partial charge on any atom is -0.291 e. The molecule has 0 fully saturated rings. The van der Waals surface area contributed by atoms with Gasteiger partial charge in [0, 0.05) is 19.3 Å². The van der Waals surface area contributed by atoms with Crippen molar-refractivity contribution in [3.63, 3.8) is 0 Å². The highest BCUT2D eigenvalue weighted by atomic mass is 16.2. The lowest BCUT2D eigenvalue weighted by Gasteiger charge is -2.04. The number of fused-ring (bicyclic) bond motifs is 1. The first kappa shape index (κ1) is 17.0. The lowest BCUT2D eigenvalue weighted by atomic mass is 10.1. The fourth-order valence-electron chi connectivity index (χ4n) is 3.34. The van der Waals surface area contributed by atoms with Gasteiger partial charge in [0.05, 0.1) is 5.69 Å². The molecule has 4 aromatic rings. The molecule has 0 spiro atoms. The molecule has 0 aliphatic carbocycles. The molecular weight excluding hydrogens is 344 g/mol. The summed E-state index contributed by atoms with van der Waals surface area (Å²) in [6.07, 6.45) is 0.719. The molecule has 1 N–H and O–H groups in total. The summed E-state index contributed by atoms with van der Waals surface area (Å²) in [5, 5.41) is 9.12. The number of rotatable bonds is 4. The maximum atomic E-state index is 12.6. The van der Waals surface area contributed by atoms with Gasteiger partial charge in [0.2, 0.25) is 0 Å². The Bertz CT molecular complexity index is 1240. The Balaban J connectivity index is 1.92. The molecule has 3 heterocycles. The maximum Gasteiger partial charge on any atom is 0.328 e. The number of aryl methyl sites for hydroxylation is 5. The Morgan fingerprint density at radius 1 is 1.04 bits per heavy atom. The van der Waals surface area contributed by atoms with Crippen LogP contribution in [0.1, 0.15) is 17.0 Å². The summed E-state index contributed by atoms with van der Waals surface area (Å²) in [5.74, 6) is 0.481. The molecule has 1 aromatic carbocycles. The number of aromatic nitrogens is 6. The van der Waals surface area contributed by atoms with Crippen molar-refractivity contribution in [2.24, 2.45) is 7.05 Å². The summed E-state index contributed by atoms with van der Waals surface area (Å²) in [6, 6.07) is 11.9. The van der Waals surface area contributed by atoms with Crippen molar-refractivity contribution in [3.8, 4) is 5.82 Å². The zero-order chi connectivity index (χ0) is 19.1. The number of hydrogen-bond acceptors (Lipinski definition) is 4. The predicted molar refractivity (Wildman–Crippen MR) is 102 cm³/mol. The van der Waals surface area contributed by atoms with Crippen molar-refractivity contribution in [2.45, 2.75) is 26.8 Å². The van der Waals surface area contributed by atoms with Gasteiger partial charge in [-0.2, -0.15) is 5.10 Å². The number of nitrogens with zero attached hydrogens (tertiary/aromatic N) is 5. The normalized spacial score (nSPS) is 11.4. The van der Waals surface area contributed by atoms with E-state index < -0.39 is 11.2 Å². The molecule has 27 heavy (non-hydrogen) atoms. The van der Waals surface area contributed by atoms with Crippen LogP contribution in [-0.2, 0) is 20.0 Å². The highest BCUT2D eigenvalue weighted by molar-refractivity contribution is 5.82. The molecule has 0 aliphatic heterocycles. The van der Waals surface area contributed by atoms with E-state index in [2.05, 4.69) is 15.2 Å². The van der Waals surface area contributed by atoms with Gasteiger partial charge >= 0.3 is 5.69 Å². The Morgan fingerprint density at radius 3 is 2.44 bits per heavy atom. The number of hydrogen-bond donors (Lipinski definition) is 1. The van der Waals surface area contributed by atoms with Gasteiger partial charge in [0.1, 0.15) is 5.52 Å². The van der Waals surface area contributed by atoms with Gasteiger partial charge in [-0.1, -0.05) is 30.3 Å². The quantitative estimate of drug-likeness (QED) is 0.594. The molecule has 0 atom stereocenters. The van der Waals surface area contributed by atoms with Crippen molar-refractivity contribution in [2.75, 3.05) is 0 Å². The van der Waals surface area contributed by atoms with Gasteiger partial charge in [-0.25, -0.2) is 9.48 Å². The second-order valence-electron chi connectivity index (χ2n) is 6.64. The van der Waals surface area contributed by atoms with Gasteiger partial charge in [0.25, 0.3) is 5.56 Å². The Labute approximate surface area is 154 Å². The zero-order valence-electron chi connectivity index (χ0n) is 15.4. The lowest BCUT2D eigenvalue weighted by Crippen LogP contribution is -2.29. The third kappa shape index (κ3) is 2.88. The number of benzene rings is 1. The van der Waals surface area contributed by atoms with Crippen LogP contribution in [0.5, 0.6) is 0 Å². The molecule has 138 valence electrons. The number of H-pyrrole nitrogens is 1. The first-order valence-corrected chi connectivity index (χ1v) is 8.73. The molecular formula is C19H20N6O2. The standard InChI is InChI=1S/C19H20N6O2/c1-12-11-13(2)25(21-12)17-15-16(18(26)20-19(27)23(15)3)24(22-17)10-9-14-7-5-4-6-8-14/h4-8,11H,9-10H2,1-3H3,(H,20,26,27). The van der Waals surface area contributed by atoms with Crippen LogP contribution in [0.3, 0.4) is 0 Å². The van der Waals surface area contributed by atoms with Crippen molar-refractivity contribution in [3.05, 3.63) is 74.2 Å². The highest BCUT2D eigenvalue weighted by Gasteiger charge is 2.20. The van der Waals surface area contributed by atoms with Crippen LogP contribution in [0, 0.1) is 13.8 Å². The lowest BCUT2D eigenvalue weighted by molar-refractivity contribution is 0.620. The van der Waals surface area contributed by atoms with E-state index in [0.717, 1.165) is 23.4 Å². The highest BCUT2D eigenvalue weighted by Crippen LogP contribution is 2.20. The predicted octanol–water partition coefficient (Wildman–Crippen LogP) is 1.47. The van der Waals surface area contributed by atoms with Crippen molar-refractivity contribution >= 4 is 11.0 Å². The molecule has 3 aromatic heterocycles. The van der Waals surface area contributed by atoms with E-state index in [4.69, 9.17) is 0 Å². The molecule has 0 saturated heterocycles. The maximum absolute atomic E-state index is 12.6. The van der Waals surface area contributed by atoms with Crippen LogP contribution in [0.15, 0.2) is 46.0 Å². The summed E-state index contributed by atoms with van der Waals surface area (Å²) in [4.78, 5) is 27.1. The van der Waals surface area contributed by atoms with Crippen molar-refractivity contribution in [1.82, 2.24) is 29.1 Å². The SMILES string of the molecule is Cc1cc(C)n(-c2nn(CCc3ccccc3)c3c(=O)[nH]c(=O)n(C)c23)n1. The largest absolute Gasteiger partial charge is 0.328 e. The fourth-order valence-corrected chi connectivity index (χ4v) is 3.34. The molecule has 4 rings (SSSR count).